The lowest BCUT2D eigenvalue weighted by Gasteiger charge is -2.26. The molecule has 0 aliphatic heterocycles. The highest BCUT2D eigenvalue weighted by Gasteiger charge is 2.71. The van der Waals surface area contributed by atoms with Gasteiger partial charge in [-0.2, -0.15) is 0 Å². The van der Waals surface area contributed by atoms with Crippen molar-refractivity contribution in [3.8, 4) is 0 Å². The highest BCUT2D eigenvalue weighted by Crippen LogP contribution is 2.77. The zero-order valence-corrected chi connectivity index (χ0v) is 3.72. The van der Waals surface area contributed by atoms with Crippen LogP contribution in [0.4, 0.5) is 0 Å². The number of hydrogen-bond donors (Lipinski definition) is 0. The summed E-state index contributed by atoms with van der Waals surface area (Å²) in [5, 5.41) is 0. The second-order valence-corrected chi connectivity index (χ2v) is 3.14. The molecular weight excluding hydrogens is 72.1 g/mol. The lowest BCUT2D eigenvalue weighted by molar-refractivity contribution is 0.234. The van der Waals surface area contributed by atoms with Crippen molar-refractivity contribution in [1.29, 1.82) is 0 Å². The minimum atomic E-state index is 1.25. The van der Waals surface area contributed by atoms with Gasteiger partial charge in [0.25, 0.3) is 0 Å². The summed E-state index contributed by atoms with van der Waals surface area (Å²) in [6, 6.07) is 0. The Morgan fingerprint density at radius 1 is 1.00 bits per heavy atom. The molecule has 0 aromatic heterocycles. The molecule has 0 heterocycles. The average molecular weight is 80.1 g/mol. The van der Waals surface area contributed by atoms with Crippen LogP contribution in [0.5, 0.6) is 0 Å². The Labute approximate surface area is 37.5 Å². The molecule has 3 saturated carbocycles. The average Bonchev–Trinajstić information content (AvgIpc) is 2.03. The third kappa shape index (κ3) is 0.0744. The van der Waals surface area contributed by atoms with Gasteiger partial charge in [-0.25, -0.2) is 0 Å². The third-order valence-electron chi connectivity index (χ3n) is 3.09. The van der Waals surface area contributed by atoms with Gasteiger partial charge in [0.05, 0.1) is 0 Å². The van der Waals surface area contributed by atoms with Gasteiger partial charge in [0.1, 0.15) is 0 Å². The standard InChI is InChI=1S/C6H8/c1-3-2-5-4(1)6(3)5/h3-6H,1-2H2/t3?,4-,5+,6?. The van der Waals surface area contributed by atoms with E-state index in [9.17, 15) is 0 Å². The van der Waals surface area contributed by atoms with Crippen molar-refractivity contribution in [2.24, 2.45) is 23.7 Å². The Kier molecular flexibility index (Phi) is 0.159. The van der Waals surface area contributed by atoms with E-state index in [1.54, 1.807) is 12.8 Å². The van der Waals surface area contributed by atoms with Crippen LogP contribution in [0.1, 0.15) is 12.8 Å². The summed E-state index contributed by atoms with van der Waals surface area (Å²) in [5.74, 6) is 5.09. The van der Waals surface area contributed by atoms with Crippen molar-refractivity contribution in [3.63, 3.8) is 0 Å². The van der Waals surface area contributed by atoms with E-state index < -0.39 is 0 Å². The third-order valence-corrected chi connectivity index (χ3v) is 3.09. The molecular formula is C6H8. The molecule has 0 saturated heterocycles. The second-order valence-electron chi connectivity index (χ2n) is 3.14. The van der Waals surface area contributed by atoms with Gasteiger partial charge in [0.15, 0.2) is 0 Å². The molecule has 0 amide bonds. The SMILES string of the molecule is C1C2C[C@H]3C2[C@@H]13. The maximum Gasteiger partial charge on any atom is -0.0323 e. The molecule has 3 rings (SSSR count). The zero-order chi connectivity index (χ0) is 3.72. The van der Waals surface area contributed by atoms with Crippen molar-refractivity contribution in [3.05, 3.63) is 0 Å². The zero-order valence-electron chi connectivity index (χ0n) is 3.72. The van der Waals surface area contributed by atoms with E-state index in [1.165, 1.54) is 23.7 Å². The van der Waals surface area contributed by atoms with E-state index in [-0.39, 0.29) is 0 Å². The molecule has 6 heavy (non-hydrogen) atoms. The van der Waals surface area contributed by atoms with Crippen LogP contribution in [0.3, 0.4) is 0 Å². The molecule has 0 heteroatoms. The topological polar surface area (TPSA) is 0 Å². The quantitative estimate of drug-likeness (QED) is 0.411. The number of hydrogen-bond acceptors (Lipinski definition) is 0. The van der Waals surface area contributed by atoms with E-state index in [0.717, 1.165) is 0 Å². The molecule has 0 spiro atoms. The molecule has 0 N–H and O–H groups in total. The minimum absolute atomic E-state index is 1.25. The summed E-state index contributed by atoms with van der Waals surface area (Å²) in [6.45, 7) is 0. The molecule has 0 radical (unpaired) electrons. The molecule has 3 aliphatic carbocycles. The van der Waals surface area contributed by atoms with Crippen LogP contribution < -0.4 is 0 Å². The predicted octanol–water partition coefficient (Wildman–Crippen LogP) is 1.27. The molecule has 0 nitrogen and oxygen atoms in total. The molecule has 0 bridgehead atoms. The molecule has 32 valence electrons. The Morgan fingerprint density at radius 3 is 1.67 bits per heavy atom. The fourth-order valence-corrected chi connectivity index (χ4v) is 2.56. The maximum absolute atomic E-state index is 1.62. The van der Waals surface area contributed by atoms with Crippen LogP contribution in [-0.2, 0) is 0 Å². The molecule has 2 unspecified atom stereocenters. The summed E-state index contributed by atoms with van der Waals surface area (Å²) >= 11 is 0. The van der Waals surface area contributed by atoms with Crippen molar-refractivity contribution in [2.45, 2.75) is 12.8 Å². The Balaban J connectivity index is 2.21. The monoisotopic (exact) mass is 80.1 g/mol. The number of rotatable bonds is 0. The normalized spacial score (nSPS) is 80.0. The molecule has 4 atom stereocenters. The first-order valence-electron chi connectivity index (χ1n) is 2.97. The Bertz CT molecular complexity index is 77.5. The van der Waals surface area contributed by atoms with Gasteiger partial charge in [-0.3, -0.25) is 0 Å². The first-order valence-corrected chi connectivity index (χ1v) is 2.97. The Hall–Kier alpha value is 0. The maximum atomic E-state index is 1.62. The second kappa shape index (κ2) is 0.408. The van der Waals surface area contributed by atoms with Crippen LogP contribution in [0.25, 0.3) is 0 Å². The van der Waals surface area contributed by atoms with Crippen molar-refractivity contribution in [2.75, 3.05) is 0 Å². The van der Waals surface area contributed by atoms with Gasteiger partial charge in [-0.1, -0.05) is 0 Å². The van der Waals surface area contributed by atoms with Gasteiger partial charge in [-0.15, -0.1) is 0 Å². The van der Waals surface area contributed by atoms with Gasteiger partial charge in [0, 0.05) is 0 Å². The summed E-state index contributed by atoms with van der Waals surface area (Å²) in [4.78, 5) is 0. The fourth-order valence-electron chi connectivity index (χ4n) is 2.56. The highest BCUT2D eigenvalue weighted by molar-refractivity contribution is 5.19. The van der Waals surface area contributed by atoms with Gasteiger partial charge >= 0.3 is 0 Å². The van der Waals surface area contributed by atoms with Gasteiger partial charge in [-0.05, 0) is 36.5 Å². The van der Waals surface area contributed by atoms with Gasteiger partial charge < -0.3 is 0 Å². The van der Waals surface area contributed by atoms with E-state index >= 15 is 0 Å². The van der Waals surface area contributed by atoms with Crippen LogP contribution in [0.2, 0.25) is 0 Å². The first-order chi connectivity index (χ1) is 2.97. The van der Waals surface area contributed by atoms with E-state index in [4.69, 9.17) is 0 Å². The van der Waals surface area contributed by atoms with E-state index in [2.05, 4.69) is 0 Å². The van der Waals surface area contributed by atoms with Crippen molar-refractivity contribution < 1.29 is 0 Å². The molecule has 0 aromatic rings. The van der Waals surface area contributed by atoms with Crippen LogP contribution in [0.15, 0.2) is 0 Å². The van der Waals surface area contributed by atoms with Crippen LogP contribution in [-0.4, -0.2) is 0 Å². The largest absolute Gasteiger partial charge is 0.0467 e. The van der Waals surface area contributed by atoms with E-state index in [0.29, 0.717) is 0 Å². The molecule has 3 fully saturated rings. The molecule has 0 aromatic carbocycles. The minimum Gasteiger partial charge on any atom is -0.0467 e. The smallest absolute Gasteiger partial charge is 0.0323 e. The highest BCUT2D eigenvalue weighted by atomic mass is 14.8. The molecule has 3 aliphatic rings. The lowest BCUT2D eigenvalue weighted by atomic mass is 9.79. The lowest BCUT2D eigenvalue weighted by Crippen LogP contribution is -2.18. The van der Waals surface area contributed by atoms with E-state index in [1.807, 2.05) is 0 Å². The first kappa shape index (κ1) is 2.34. The Morgan fingerprint density at radius 2 is 1.67 bits per heavy atom. The van der Waals surface area contributed by atoms with Crippen LogP contribution >= 0.6 is 0 Å². The summed E-state index contributed by atoms with van der Waals surface area (Å²) in [7, 11) is 0. The van der Waals surface area contributed by atoms with Crippen LogP contribution in [0, 0.1) is 23.7 Å². The number of fused-ring (bicyclic) bond motifs is 1. The fraction of sp³-hybridized carbons (Fsp3) is 1.00. The predicted molar refractivity (Wildman–Crippen MR) is 23.2 cm³/mol. The van der Waals surface area contributed by atoms with Gasteiger partial charge in [0.2, 0.25) is 0 Å². The summed E-state index contributed by atoms with van der Waals surface area (Å²) in [6.07, 6.45) is 3.24. The summed E-state index contributed by atoms with van der Waals surface area (Å²) in [5.41, 5.74) is 0. The van der Waals surface area contributed by atoms with Crippen molar-refractivity contribution >= 4 is 0 Å². The summed E-state index contributed by atoms with van der Waals surface area (Å²) < 4.78 is 0. The van der Waals surface area contributed by atoms with Crippen molar-refractivity contribution in [1.82, 2.24) is 0 Å².